The zero-order chi connectivity index (χ0) is 22.8. The molecule has 168 valence electrons. The fourth-order valence-electron chi connectivity index (χ4n) is 3.27. The van der Waals surface area contributed by atoms with Gasteiger partial charge in [0.25, 0.3) is 5.91 Å². The largest absolute Gasteiger partial charge is 0.484 e. The number of nitrogens with one attached hydrogen (secondary N) is 3. The van der Waals surface area contributed by atoms with Crippen molar-refractivity contribution >= 4 is 45.6 Å². The molecule has 9 heteroatoms. The molecule has 3 amide bonds. The monoisotopic (exact) mass is 500 g/mol. The van der Waals surface area contributed by atoms with Gasteiger partial charge in [-0.05, 0) is 70.7 Å². The summed E-state index contributed by atoms with van der Waals surface area (Å²) in [7, 11) is 0. The SMILES string of the molecule is O=C(COc1ccc(/C=N\NC(=O)C(=O)Nc2ccccc2Br)cc1)NC1CCCCC1. The molecule has 0 unspecified atom stereocenters. The second-order valence-corrected chi connectivity index (χ2v) is 8.25. The molecule has 0 saturated heterocycles. The summed E-state index contributed by atoms with van der Waals surface area (Å²) in [4.78, 5) is 35.8. The molecule has 0 radical (unpaired) electrons. The Hall–Kier alpha value is -3.20. The minimum absolute atomic E-state index is 0.0351. The Labute approximate surface area is 194 Å². The summed E-state index contributed by atoms with van der Waals surface area (Å²) < 4.78 is 6.19. The van der Waals surface area contributed by atoms with Gasteiger partial charge in [-0.25, -0.2) is 5.43 Å². The van der Waals surface area contributed by atoms with Gasteiger partial charge in [0.2, 0.25) is 0 Å². The van der Waals surface area contributed by atoms with Crippen LogP contribution in [0.3, 0.4) is 0 Å². The molecule has 8 nitrogen and oxygen atoms in total. The third kappa shape index (κ3) is 7.49. The molecule has 1 saturated carbocycles. The molecule has 2 aromatic carbocycles. The number of anilines is 1. The highest BCUT2D eigenvalue weighted by molar-refractivity contribution is 9.10. The first-order chi connectivity index (χ1) is 15.5. The molecule has 1 aliphatic rings. The first kappa shape index (κ1) is 23.5. The number of halogens is 1. The maximum atomic E-state index is 12.0. The van der Waals surface area contributed by atoms with Gasteiger partial charge in [-0.3, -0.25) is 14.4 Å². The minimum atomic E-state index is -0.888. The summed E-state index contributed by atoms with van der Waals surface area (Å²) in [6, 6.07) is 14.1. The van der Waals surface area contributed by atoms with Crippen LogP contribution in [0.25, 0.3) is 0 Å². The van der Waals surface area contributed by atoms with Crippen molar-refractivity contribution in [1.82, 2.24) is 10.7 Å². The van der Waals surface area contributed by atoms with Gasteiger partial charge in [-0.2, -0.15) is 5.10 Å². The molecule has 1 fully saturated rings. The Bertz CT molecular complexity index is 972. The van der Waals surface area contributed by atoms with Crippen molar-refractivity contribution in [1.29, 1.82) is 0 Å². The summed E-state index contributed by atoms with van der Waals surface area (Å²) in [5.41, 5.74) is 3.36. The molecule has 0 aliphatic heterocycles. The van der Waals surface area contributed by atoms with E-state index >= 15 is 0 Å². The lowest BCUT2D eigenvalue weighted by Gasteiger charge is -2.22. The van der Waals surface area contributed by atoms with E-state index in [0.29, 0.717) is 21.5 Å². The standard InChI is InChI=1S/C23H25BrN4O4/c24-19-8-4-5-9-20(19)27-22(30)23(31)28-25-14-16-10-12-18(13-11-16)32-15-21(29)26-17-6-2-1-3-7-17/h4-5,8-14,17H,1-3,6-7,15H2,(H,26,29)(H,27,30)(H,28,31)/b25-14-. The predicted octanol–water partition coefficient (Wildman–Crippen LogP) is 3.37. The lowest BCUT2D eigenvalue weighted by molar-refractivity contribution is -0.136. The molecule has 32 heavy (non-hydrogen) atoms. The average Bonchev–Trinajstić information content (AvgIpc) is 2.80. The Morgan fingerprint density at radius 2 is 1.72 bits per heavy atom. The van der Waals surface area contributed by atoms with Crippen molar-refractivity contribution in [2.75, 3.05) is 11.9 Å². The van der Waals surface area contributed by atoms with Gasteiger partial charge >= 0.3 is 11.8 Å². The number of hydrogen-bond acceptors (Lipinski definition) is 5. The quantitative estimate of drug-likeness (QED) is 0.307. The van der Waals surface area contributed by atoms with Gasteiger partial charge in [0, 0.05) is 10.5 Å². The van der Waals surface area contributed by atoms with E-state index in [9.17, 15) is 14.4 Å². The van der Waals surface area contributed by atoms with E-state index in [2.05, 4.69) is 37.1 Å². The Balaban J connectivity index is 1.40. The van der Waals surface area contributed by atoms with E-state index in [1.807, 2.05) is 0 Å². The summed E-state index contributed by atoms with van der Waals surface area (Å²) in [5.74, 6) is -1.28. The van der Waals surface area contributed by atoms with Crippen LogP contribution < -0.4 is 20.8 Å². The lowest BCUT2D eigenvalue weighted by Crippen LogP contribution is -2.38. The molecule has 2 aromatic rings. The normalized spacial score (nSPS) is 14.0. The van der Waals surface area contributed by atoms with Crippen molar-refractivity contribution in [2.24, 2.45) is 5.10 Å². The number of benzene rings is 2. The number of carbonyl (C=O) groups excluding carboxylic acids is 3. The van der Waals surface area contributed by atoms with Crippen molar-refractivity contribution in [3.05, 3.63) is 58.6 Å². The summed E-state index contributed by atoms with van der Waals surface area (Å²) in [6.45, 7) is -0.0351. The molecular formula is C23H25BrN4O4. The van der Waals surface area contributed by atoms with Gasteiger partial charge < -0.3 is 15.4 Å². The third-order valence-corrected chi connectivity index (χ3v) is 5.62. The molecule has 0 atom stereocenters. The summed E-state index contributed by atoms with van der Waals surface area (Å²) in [5, 5.41) is 9.29. The number of amides is 3. The second kappa shape index (κ2) is 12.0. The number of para-hydroxylation sites is 1. The lowest BCUT2D eigenvalue weighted by atomic mass is 9.95. The van der Waals surface area contributed by atoms with E-state index in [1.165, 1.54) is 12.6 Å². The summed E-state index contributed by atoms with van der Waals surface area (Å²) >= 11 is 3.30. The van der Waals surface area contributed by atoms with E-state index in [4.69, 9.17) is 4.74 Å². The number of carbonyl (C=O) groups is 3. The first-order valence-corrected chi connectivity index (χ1v) is 11.2. The maximum Gasteiger partial charge on any atom is 0.329 e. The molecular weight excluding hydrogens is 476 g/mol. The number of hydrogen-bond donors (Lipinski definition) is 3. The van der Waals surface area contributed by atoms with Crippen molar-refractivity contribution < 1.29 is 19.1 Å². The molecule has 3 rings (SSSR count). The van der Waals surface area contributed by atoms with Crippen LogP contribution >= 0.6 is 15.9 Å². The van der Waals surface area contributed by atoms with Crippen molar-refractivity contribution in [3.8, 4) is 5.75 Å². The van der Waals surface area contributed by atoms with E-state index in [-0.39, 0.29) is 18.6 Å². The van der Waals surface area contributed by atoms with Gasteiger partial charge in [0.1, 0.15) is 5.75 Å². The zero-order valence-electron chi connectivity index (χ0n) is 17.5. The van der Waals surface area contributed by atoms with Gasteiger partial charge in [0.05, 0.1) is 11.9 Å². The van der Waals surface area contributed by atoms with Crippen LogP contribution in [-0.2, 0) is 14.4 Å². The van der Waals surface area contributed by atoms with Crippen LogP contribution in [-0.4, -0.2) is 36.6 Å². The molecule has 0 bridgehead atoms. The molecule has 3 N–H and O–H groups in total. The minimum Gasteiger partial charge on any atom is -0.484 e. The van der Waals surface area contributed by atoms with Gasteiger partial charge in [-0.1, -0.05) is 31.4 Å². The average molecular weight is 501 g/mol. The third-order valence-electron chi connectivity index (χ3n) is 4.93. The van der Waals surface area contributed by atoms with Crippen LogP contribution in [0.2, 0.25) is 0 Å². The van der Waals surface area contributed by atoms with E-state index in [0.717, 1.165) is 25.7 Å². The maximum absolute atomic E-state index is 12.0. The molecule has 0 heterocycles. The van der Waals surface area contributed by atoms with Crippen LogP contribution in [0.5, 0.6) is 5.75 Å². The predicted molar refractivity (Wildman–Crippen MR) is 125 cm³/mol. The highest BCUT2D eigenvalue weighted by Gasteiger charge is 2.16. The smallest absolute Gasteiger partial charge is 0.329 e. The van der Waals surface area contributed by atoms with E-state index in [1.54, 1.807) is 48.5 Å². The Morgan fingerprint density at radius 3 is 2.44 bits per heavy atom. The highest BCUT2D eigenvalue weighted by atomic mass is 79.9. The second-order valence-electron chi connectivity index (χ2n) is 7.39. The zero-order valence-corrected chi connectivity index (χ0v) is 19.1. The number of rotatable bonds is 7. The topological polar surface area (TPSA) is 109 Å². The van der Waals surface area contributed by atoms with Gasteiger partial charge in [0.15, 0.2) is 6.61 Å². The van der Waals surface area contributed by atoms with Gasteiger partial charge in [-0.15, -0.1) is 0 Å². The fraction of sp³-hybridized carbons (Fsp3) is 0.304. The Kier molecular flexibility index (Phi) is 8.79. The summed E-state index contributed by atoms with van der Waals surface area (Å²) in [6.07, 6.45) is 7.02. The fourth-order valence-corrected chi connectivity index (χ4v) is 3.66. The highest BCUT2D eigenvalue weighted by Crippen LogP contribution is 2.21. The Morgan fingerprint density at radius 1 is 1.00 bits per heavy atom. The molecule has 0 spiro atoms. The number of hydrazone groups is 1. The number of nitrogens with zero attached hydrogens (tertiary/aromatic N) is 1. The van der Waals surface area contributed by atoms with Crippen molar-refractivity contribution in [3.63, 3.8) is 0 Å². The van der Waals surface area contributed by atoms with Crippen LogP contribution in [0, 0.1) is 0 Å². The molecule has 1 aliphatic carbocycles. The van der Waals surface area contributed by atoms with Crippen LogP contribution in [0.1, 0.15) is 37.7 Å². The van der Waals surface area contributed by atoms with E-state index < -0.39 is 11.8 Å². The van der Waals surface area contributed by atoms with Crippen molar-refractivity contribution in [2.45, 2.75) is 38.1 Å². The molecule has 0 aromatic heterocycles. The van der Waals surface area contributed by atoms with Crippen LogP contribution in [0.4, 0.5) is 5.69 Å². The first-order valence-electron chi connectivity index (χ1n) is 10.4. The van der Waals surface area contributed by atoms with Crippen LogP contribution in [0.15, 0.2) is 58.1 Å². The number of ether oxygens (including phenoxy) is 1.